The Bertz CT molecular complexity index is 628. The van der Waals surface area contributed by atoms with Gasteiger partial charge < -0.3 is 5.11 Å². The van der Waals surface area contributed by atoms with Crippen LogP contribution in [0.25, 0.3) is 10.4 Å². The molecule has 0 saturated carbocycles. The number of rotatable bonds is 2. The smallest absolute Gasteiger partial charge is 0.336 e. The summed E-state index contributed by atoms with van der Waals surface area (Å²) in [4.78, 5) is 12.3. The molecule has 17 heavy (non-hydrogen) atoms. The number of aromatic carboxylic acids is 1. The molecule has 3 nitrogen and oxygen atoms in total. The van der Waals surface area contributed by atoms with Gasteiger partial charge in [0.2, 0.25) is 0 Å². The van der Waals surface area contributed by atoms with Crippen LogP contribution >= 0.6 is 22.9 Å². The molecular weight excluding hydrogens is 258 g/mol. The molecule has 84 valence electrons. The second-order valence-electron chi connectivity index (χ2n) is 3.27. The number of carbonyl (C=O) groups is 1. The summed E-state index contributed by atoms with van der Waals surface area (Å²) in [6.07, 6.45) is 0. The van der Waals surface area contributed by atoms with Crippen molar-refractivity contribution in [2.24, 2.45) is 0 Å². The maximum absolute atomic E-state index is 11.1. The van der Waals surface area contributed by atoms with Crippen molar-refractivity contribution in [1.29, 1.82) is 5.26 Å². The number of hydrogen-bond donors (Lipinski definition) is 1. The fourth-order valence-corrected chi connectivity index (χ4v) is 2.46. The number of thiophene rings is 1. The SMILES string of the molecule is N#Cc1ccc(-c2cc(Cl)ccc2C(=O)O)s1. The van der Waals surface area contributed by atoms with Crippen molar-refractivity contribution in [3.63, 3.8) is 0 Å². The largest absolute Gasteiger partial charge is 0.478 e. The molecule has 0 fully saturated rings. The van der Waals surface area contributed by atoms with E-state index in [1.54, 1.807) is 18.2 Å². The summed E-state index contributed by atoms with van der Waals surface area (Å²) in [5.41, 5.74) is 0.720. The normalized spacial score (nSPS) is 9.88. The van der Waals surface area contributed by atoms with E-state index in [4.69, 9.17) is 22.0 Å². The summed E-state index contributed by atoms with van der Waals surface area (Å²) in [6.45, 7) is 0. The molecule has 2 rings (SSSR count). The molecule has 0 aliphatic carbocycles. The van der Waals surface area contributed by atoms with Crippen LogP contribution in [0, 0.1) is 11.3 Å². The Kier molecular flexibility index (Phi) is 3.14. The molecule has 0 aliphatic rings. The van der Waals surface area contributed by atoms with E-state index in [0.29, 0.717) is 15.5 Å². The van der Waals surface area contributed by atoms with E-state index in [9.17, 15) is 4.79 Å². The number of benzene rings is 1. The number of nitriles is 1. The van der Waals surface area contributed by atoms with Crippen molar-refractivity contribution in [2.75, 3.05) is 0 Å². The maximum atomic E-state index is 11.1. The average Bonchev–Trinajstić information content (AvgIpc) is 2.76. The summed E-state index contributed by atoms with van der Waals surface area (Å²) in [6, 6.07) is 10.00. The molecule has 2 aromatic rings. The molecule has 0 spiro atoms. The first-order valence-corrected chi connectivity index (χ1v) is 5.84. The van der Waals surface area contributed by atoms with E-state index in [0.717, 1.165) is 4.88 Å². The summed E-state index contributed by atoms with van der Waals surface area (Å²) >= 11 is 7.10. The molecule has 0 unspecified atom stereocenters. The first-order chi connectivity index (χ1) is 8.11. The molecule has 1 N–H and O–H groups in total. The van der Waals surface area contributed by atoms with Crippen molar-refractivity contribution in [1.82, 2.24) is 0 Å². The summed E-state index contributed by atoms with van der Waals surface area (Å²) in [5.74, 6) is -1.01. The Labute approximate surface area is 107 Å². The maximum Gasteiger partial charge on any atom is 0.336 e. The average molecular weight is 264 g/mol. The number of carboxylic acids is 1. The van der Waals surface area contributed by atoms with Crippen molar-refractivity contribution in [3.8, 4) is 16.5 Å². The lowest BCUT2D eigenvalue weighted by atomic mass is 10.1. The minimum atomic E-state index is -1.01. The third-order valence-corrected chi connectivity index (χ3v) is 3.45. The third-order valence-electron chi connectivity index (χ3n) is 2.19. The highest BCUT2D eigenvalue weighted by Crippen LogP contribution is 2.32. The van der Waals surface area contributed by atoms with Crippen LogP contribution in [-0.4, -0.2) is 11.1 Å². The van der Waals surface area contributed by atoms with Crippen LogP contribution in [-0.2, 0) is 0 Å². The Morgan fingerprint density at radius 3 is 2.71 bits per heavy atom. The quantitative estimate of drug-likeness (QED) is 0.900. The van der Waals surface area contributed by atoms with Gasteiger partial charge in [-0.25, -0.2) is 4.79 Å². The van der Waals surface area contributed by atoms with Gasteiger partial charge >= 0.3 is 5.97 Å². The van der Waals surface area contributed by atoms with Gasteiger partial charge in [-0.1, -0.05) is 11.6 Å². The van der Waals surface area contributed by atoms with Gasteiger partial charge in [0.15, 0.2) is 0 Å². The Morgan fingerprint density at radius 2 is 2.12 bits per heavy atom. The van der Waals surface area contributed by atoms with Crippen molar-refractivity contribution >= 4 is 28.9 Å². The predicted octanol–water partition coefficient (Wildman–Crippen LogP) is 3.64. The van der Waals surface area contributed by atoms with E-state index < -0.39 is 5.97 Å². The topological polar surface area (TPSA) is 61.1 Å². The third kappa shape index (κ3) is 2.31. The number of hydrogen-bond acceptors (Lipinski definition) is 3. The lowest BCUT2D eigenvalue weighted by molar-refractivity contribution is 0.0698. The van der Waals surface area contributed by atoms with Crippen LogP contribution in [0.1, 0.15) is 15.2 Å². The molecular formula is C12H6ClNO2S. The number of halogens is 1. The summed E-state index contributed by atoms with van der Waals surface area (Å²) < 4.78 is 0. The standard InChI is InChI=1S/C12H6ClNO2S/c13-7-1-3-9(12(15)16)10(5-7)11-4-2-8(6-14)17-11/h1-5H,(H,15,16). The van der Waals surface area contributed by atoms with E-state index in [2.05, 4.69) is 0 Å². The Balaban J connectivity index is 2.61. The van der Waals surface area contributed by atoms with Gasteiger partial charge in [-0.15, -0.1) is 11.3 Å². The van der Waals surface area contributed by atoms with Gasteiger partial charge in [0.1, 0.15) is 10.9 Å². The molecule has 0 bridgehead atoms. The van der Waals surface area contributed by atoms with Crippen LogP contribution in [0.4, 0.5) is 0 Å². The minimum absolute atomic E-state index is 0.181. The van der Waals surface area contributed by atoms with E-state index >= 15 is 0 Å². The van der Waals surface area contributed by atoms with Gasteiger partial charge in [-0.2, -0.15) is 5.26 Å². The zero-order valence-corrected chi connectivity index (χ0v) is 10.0. The van der Waals surface area contributed by atoms with Crippen LogP contribution in [0.2, 0.25) is 5.02 Å². The van der Waals surface area contributed by atoms with Crippen molar-refractivity contribution in [3.05, 3.63) is 45.8 Å². The summed E-state index contributed by atoms with van der Waals surface area (Å²) in [5, 5.41) is 18.3. The van der Waals surface area contributed by atoms with Crippen molar-refractivity contribution in [2.45, 2.75) is 0 Å². The molecule has 5 heteroatoms. The minimum Gasteiger partial charge on any atom is -0.478 e. The van der Waals surface area contributed by atoms with Crippen LogP contribution in [0.3, 0.4) is 0 Å². The zero-order valence-electron chi connectivity index (χ0n) is 8.48. The highest BCUT2D eigenvalue weighted by atomic mass is 35.5. The molecule has 0 atom stereocenters. The van der Waals surface area contributed by atoms with E-state index in [-0.39, 0.29) is 5.56 Å². The first kappa shape index (κ1) is 11.6. The van der Waals surface area contributed by atoms with Gasteiger partial charge in [0.05, 0.1) is 5.56 Å². The molecule has 1 aromatic heterocycles. The van der Waals surface area contributed by atoms with Crippen LogP contribution in [0.5, 0.6) is 0 Å². The lowest BCUT2D eigenvalue weighted by Gasteiger charge is -2.03. The summed E-state index contributed by atoms with van der Waals surface area (Å²) in [7, 11) is 0. The van der Waals surface area contributed by atoms with Crippen LogP contribution < -0.4 is 0 Å². The van der Waals surface area contributed by atoms with Gasteiger partial charge in [-0.3, -0.25) is 0 Å². The predicted molar refractivity (Wildman–Crippen MR) is 66.4 cm³/mol. The molecule has 0 saturated heterocycles. The van der Waals surface area contributed by atoms with E-state index in [1.807, 2.05) is 6.07 Å². The van der Waals surface area contributed by atoms with Gasteiger partial charge in [0.25, 0.3) is 0 Å². The second kappa shape index (κ2) is 4.58. The number of nitrogens with zero attached hydrogens (tertiary/aromatic N) is 1. The zero-order chi connectivity index (χ0) is 12.4. The molecule has 1 aromatic carbocycles. The lowest BCUT2D eigenvalue weighted by Crippen LogP contribution is -1.98. The molecule has 0 aliphatic heterocycles. The highest BCUT2D eigenvalue weighted by molar-refractivity contribution is 7.16. The van der Waals surface area contributed by atoms with Gasteiger partial charge in [0, 0.05) is 15.5 Å². The van der Waals surface area contributed by atoms with Crippen LogP contribution in [0.15, 0.2) is 30.3 Å². The number of carboxylic acid groups (broad SMARTS) is 1. The fraction of sp³-hybridized carbons (Fsp3) is 0. The molecule has 0 radical (unpaired) electrons. The second-order valence-corrected chi connectivity index (χ2v) is 4.79. The fourth-order valence-electron chi connectivity index (χ4n) is 1.45. The molecule has 1 heterocycles. The van der Waals surface area contributed by atoms with Crippen molar-refractivity contribution < 1.29 is 9.90 Å². The monoisotopic (exact) mass is 263 g/mol. The first-order valence-electron chi connectivity index (χ1n) is 4.65. The highest BCUT2D eigenvalue weighted by Gasteiger charge is 2.13. The van der Waals surface area contributed by atoms with Gasteiger partial charge in [-0.05, 0) is 30.3 Å². The Hall–Kier alpha value is -1.83. The molecule has 0 amide bonds. The Morgan fingerprint density at radius 1 is 1.35 bits per heavy atom. The van der Waals surface area contributed by atoms with E-state index in [1.165, 1.54) is 23.5 Å².